The van der Waals surface area contributed by atoms with Gasteiger partial charge in [-0.25, -0.2) is 0 Å². The van der Waals surface area contributed by atoms with E-state index in [2.05, 4.69) is 12.4 Å². The van der Waals surface area contributed by atoms with E-state index in [1.807, 2.05) is 18.2 Å². The van der Waals surface area contributed by atoms with Crippen molar-refractivity contribution >= 4 is 0 Å². The van der Waals surface area contributed by atoms with E-state index in [4.69, 9.17) is 14.3 Å². The minimum Gasteiger partial charge on any atom is -0.497 e. The fourth-order valence-corrected chi connectivity index (χ4v) is 2.21. The Morgan fingerprint density at radius 3 is 2.82 bits per heavy atom. The number of hydroxylamine groups is 1. The van der Waals surface area contributed by atoms with Crippen molar-refractivity contribution in [3.8, 4) is 11.5 Å². The van der Waals surface area contributed by atoms with Crippen LogP contribution in [-0.2, 0) is 4.84 Å². The molecule has 1 N–H and O–H groups in total. The van der Waals surface area contributed by atoms with Gasteiger partial charge in [-0.1, -0.05) is 13.3 Å². The Labute approximate surface area is 102 Å². The Kier molecular flexibility index (Phi) is 3.86. The van der Waals surface area contributed by atoms with Gasteiger partial charge in [0.2, 0.25) is 0 Å². The Morgan fingerprint density at radius 2 is 2.18 bits per heavy atom. The third kappa shape index (κ3) is 2.37. The molecule has 0 saturated heterocycles. The molecule has 94 valence electrons. The molecule has 1 aromatic rings. The minimum absolute atomic E-state index is 0.0741. The summed E-state index contributed by atoms with van der Waals surface area (Å²) < 4.78 is 11.2. The summed E-state index contributed by atoms with van der Waals surface area (Å²) in [7, 11) is 3.29. The predicted molar refractivity (Wildman–Crippen MR) is 65.2 cm³/mol. The van der Waals surface area contributed by atoms with Crippen LogP contribution in [-0.4, -0.2) is 20.3 Å². The van der Waals surface area contributed by atoms with Crippen LogP contribution in [0, 0.1) is 0 Å². The Balaban J connectivity index is 2.27. The van der Waals surface area contributed by atoms with E-state index >= 15 is 0 Å². The van der Waals surface area contributed by atoms with Gasteiger partial charge < -0.3 is 14.3 Å². The maximum absolute atomic E-state index is 5.91. The van der Waals surface area contributed by atoms with Gasteiger partial charge in [-0.2, -0.15) is 5.48 Å². The average molecular weight is 237 g/mol. The van der Waals surface area contributed by atoms with Gasteiger partial charge in [0.05, 0.1) is 20.3 Å². The second kappa shape index (κ2) is 5.38. The van der Waals surface area contributed by atoms with E-state index in [-0.39, 0.29) is 12.1 Å². The summed E-state index contributed by atoms with van der Waals surface area (Å²) in [6.07, 6.45) is 2.21. The van der Waals surface area contributed by atoms with Crippen molar-refractivity contribution in [3.63, 3.8) is 0 Å². The van der Waals surface area contributed by atoms with Crippen LogP contribution in [0.4, 0.5) is 0 Å². The average Bonchev–Trinajstić information content (AvgIpc) is 2.68. The zero-order valence-corrected chi connectivity index (χ0v) is 10.5. The molecule has 17 heavy (non-hydrogen) atoms. The van der Waals surface area contributed by atoms with Crippen molar-refractivity contribution in [1.82, 2.24) is 5.48 Å². The fourth-order valence-electron chi connectivity index (χ4n) is 2.21. The Bertz CT molecular complexity index is 381. The standard InChI is InChI=1S/C13H19NO3/c1-4-5-12-13(14-16-3)10-8-9(15-2)6-7-11(10)17-12/h6-8,12-14H,4-5H2,1-3H3. The fraction of sp³-hybridized carbons (Fsp3) is 0.538. The van der Waals surface area contributed by atoms with Crippen molar-refractivity contribution in [2.75, 3.05) is 14.2 Å². The van der Waals surface area contributed by atoms with Gasteiger partial charge in [0.15, 0.2) is 0 Å². The molecule has 0 amide bonds. The van der Waals surface area contributed by atoms with Gasteiger partial charge in [-0.15, -0.1) is 0 Å². The number of hydrogen-bond donors (Lipinski definition) is 1. The molecular formula is C13H19NO3. The number of fused-ring (bicyclic) bond motifs is 1. The van der Waals surface area contributed by atoms with Crippen LogP contribution in [0.5, 0.6) is 11.5 Å². The molecule has 2 atom stereocenters. The summed E-state index contributed by atoms with van der Waals surface area (Å²) in [6.45, 7) is 2.15. The summed E-state index contributed by atoms with van der Waals surface area (Å²) in [5.41, 5.74) is 4.11. The maximum Gasteiger partial charge on any atom is 0.125 e. The normalized spacial score (nSPS) is 22.1. The first kappa shape index (κ1) is 12.2. The van der Waals surface area contributed by atoms with Crippen LogP contribution in [0.25, 0.3) is 0 Å². The molecule has 0 radical (unpaired) electrons. The van der Waals surface area contributed by atoms with Crippen molar-refractivity contribution in [1.29, 1.82) is 0 Å². The van der Waals surface area contributed by atoms with Crippen molar-refractivity contribution in [3.05, 3.63) is 23.8 Å². The summed E-state index contributed by atoms with van der Waals surface area (Å²) >= 11 is 0. The molecule has 0 aliphatic carbocycles. The minimum atomic E-state index is 0.0741. The first-order chi connectivity index (χ1) is 8.30. The molecule has 4 nitrogen and oxygen atoms in total. The SMILES string of the molecule is CCCC1Oc2ccc(OC)cc2C1NOC. The molecule has 1 aliphatic rings. The molecule has 2 rings (SSSR count). The van der Waals surface area contributed by atoms with Crippen LogP contribution in [0.1, 0.15) is 31.4 Å². The molecule has 0 spiro atoms. The molecule has 0 fully saturated rings. The Hall–Kier alpha value is -1.26. The lowest BCUT2D eigenvalue weighted by Gasteiger charge is -2.18. The van der Waals surface area contributed by atoms with Crippen molar-refractivity contribution in [2.45, 2.75) is 31.9 Å². The monoisotopic (exact) mass is 237 g/mol. The molecular weight excluding hydrogens is 218 g/mol. The smallest absolute Gasteiger partial charge is 0.125 e. The predicted octanol–water partition coefficient (Wildman–Crippen LogP) is 2.45. The van der Waals surface area contributed by atoms with E-state index in [1.165, 1.54) is 0 Å². The number of benzene rings is 1. The molecule has 0 aromatic heterocycles. The lowest BCUT2D eigenvalue weighted by molar-refractivity contribution is 0.0269. The Morgan fingerprint density at radius 1 is 1.35 bits per heavy atom. The lowest BCUT2D eigenvalue weighted by Crippen LogP contribution is -2.30. The van der Waals surface area contributed by atoms with Crippen LogP contribution < -0.4 is 15.0 Å². The largest absolute Gasteiger partial charge is 0.497 e. The molecule has 2 unspecified atom stereocenters. The summed E-state index contributed by atoms with van der Waals surface area (Å²) in [5, 5.41) is 0. The van der Waals surface area contributed by atoms with E-state index in [9.17, 15) is 0 Å². The molecule has 4 heteroatoms. The topological polar surface area (TPSA) is 39.7 Å². The van der Waals surface area contributed by atoms with Crippen LogP contribution >= 0.6 is 0 Å². The lowest BCUT2D eigenvalue weighted by atomic mass is 10.0. The number of rotatable bonds is 5. The summed E-state index contributed by atoms with van der Waals surface area (Å²) in [6, 6.07) is 5.94. The third-order valence-electron chi connectivity index (χ3n) is 3.02. The van der Waals surface area contributed by atoms with Gasteiger partial charge in [0.25, 0.3) is 0 Å². The van der Waals surface area contributed by atoms with Crippen LogP contribution in [0.2, 0.25) is 0 Å². The van der Waals surface area contributed by atoms with Gasteiger partial charge in [0.1, 0.15) is 17.6 Å². The molecule has 1 aliphatic heterocycles. The van der Waals surface area contributed by atoms with Gasteiger partial charge in [-0.3, -0.25) is 0 Å². The second-order valence-corrected chi connectivity index (χ2v) is 4.15. The third-order valence-corrected chi connectivity index (χ3v) is 3.02. The van der Waals surface area contributed by atoms with E-state index in [0.29, 0.717) is 0 Å². The van der Waals surface area contributed by atoms with E-state index in [1.54, 1.807) is 14.2 Å². The molecule has 0 bridgehead atoms. The van der Waals surface area contributed by atoms with E-state index in [0.717, 1.165) is 29.9 Å². The zero-order valence-electron chi connectivity index (χ0n) is 10.5. The molecule has 1 heterocycles. The van der Waals surface area contributed by atoms with Gasteiger partial charge in [-0.05, 0) is 24.6 Å². The summed E-state index contributed by atoms with van der Waals surface area (Å²) in [4.78, 5) is 5.06. The van der Waals surface area contributed by atoms with E-state index < -0.39 is 0 Å². The highest BCUT2D eigenvalue weighted by Crippen LogP contribution is 2.40. The highest BCUT2D eigenvalue weighted by molar-refractivity contribution is 5.45. The summed E-state index contributed by atoms with van der Waals surface area (Å²) in [5.74, 6) is 1.76. The van der Waals surface area contributed by atoms with Crippen LogP contribution in [0.15, 0.2) is 18.2 Å². The number of hydrogen-bond acceptors (Lipinski definition) is 4. The van der Waals surface area contributed by atoms with Gasteiger partial charge in [0, 0.05) is 5.56 Å². The highest BCUT2D eigenvalue weighted by Gasteiger charge is 2.34. The maximum atomic E-state index is 5.91. The van der Waals surface area contributed by atoms with Crippen molar-refractivity contribution < 1.29 is 14.3 Å². The first-order valence-corrected chi connectivity index (χ1v) is 5.93. The zero-order chi connectivity index (χ0) is 12.3. The molecule has 1 aromatic carbocycles. The first-order valence-electron chi connectivity index (χ1n) is 5.93. The van der Waals surface area contributed by atoms with Crippen molar-refractivity contribution in [2.24, 2.45) is 0 Å². The molecule has 0 saturated carbocycles. The second-order valence-electron chi connectivity index (χ2n) is 4.15. The number of ether oxygens (including phenoxy) is 2. The number of nitrogens with one attached hydrogen (secondary N) is 1. The number of methoxy groups -OCH3 is 1. The highest BCUT2D eigenvalue weighted by atomic mass is 16.6. The van der Waals surface area contributed by atoms with Crippen LogP contribution in [0.3, 0.4) is 0 Å². The van der Waals surface area contributed by atoms with Gasteiger partial charge >= 0.3 is 0 Å². The quantitative estimate of drug-likeness (QED) is 0.798.